The molecule has 277 valence electrons. The quantitative estimate of drug-likeness (QED) is 0.125. The molecule has 0 atom stereocenters. The second-order valence-electron chi connectivity index (χ2n) is 18.6. The number of aromatic nitrogens is 3. The van der Waals surface area contributed by atoms with Crippen LogP contribution in [-0.2, 0) is 0 Å². The zero-order valence-corrected chi connectivity index (χ0v) is 36.4. The van der Waals surface area contributed by atoms with Crippen LogP contribution in [0.15, 0.2) is 0 Å². The van der Waals surface area contributed by atoms with Crippen LogP contribution < -0.4 is 14.5 Å². The average Bonchev–Trinajstić information content (AvgIpc) is 2.96. The standard InChI is InChI=1S/C38H76N7OSi2/c1-17-19-22-44(30-26-35(3,4)42(11)36(5,6)27-30)32-39-33(41-34(40-32)46-24-21-25-48(15,16)47(13)14)45(23-20-18-2)31-28-37(7,8)43(12)38(9,10)29-31/h30-31H,17-29H2,1-16H3. The molecule has 0 aromatic carbocycles. The van der Waals surface area contributed by atoms with E-state index in [1.54, 1.807) is 0 Å². The van der Waals surface area contributed by atoms with Gasteiger partial charge in [0.2, 0.25) is 11.9 Å². The molecule has 0 amide bonds. The molecule has 0 N–H and O–H groups in total. The van der Waals surface area contributed by atoms with Gasteiger partial charge in [0.15, 0.2) is 0 Å². The molecule has 48 heavy (non-hydrogen) atoms. The molecule has 2 fully saturated rings. The van der Waals surface area contributed by atoms with Crippen LogP contribution in [0.25, 0.3) is 0 Å². The lowest BCUT2D eigenvalue weighted by Crippen LogP contribution is -2.63. The summed E-state index contributed by atoms with van der Waals surface area (Å²) in [6, 6.07) is 2.48. The van der Waals surface area contributed by atoms with Crippen LogP contribution >= 0.6 is 0 Å². The highest BCUT2D eigenvalue weighted by molar-refractivity contribution is 7.31. The Labute approximate surface area is 299 Å². The van der Waals surface area contributed by atoms with Crippen LogP contribution in [0.2, 0.25) is 32.2 Å². The fourth-order valence-electron chi connectivity index (χ4n) is 8.21. The maximum Gasteiger partial charge on any atom is 0.323 e. The summed E-state index contributed by atoms with van der Waals surface area (Å²) in [6.07, 6.45) is 9.85. The highest BCUT2D eigenvalue weighted by Gasteiger charge is 2.47. The first-order valence-corrected chi connectivity index (χ1v) is 26.0. The van der Waals surface area contributed by atoms with Crippen LogP contribution in [-0.4, -0.2) is 109 Å². The van der Waals surface area contributed by atoms with Crippen LogP contribution in [0.3, 0.4) is 0 Å². The van der Waals surface area contributed by atoms with E-state index in [1.807, 2.05) is 0 Å². The van der Waals surface area contributed by atoms with Crippen molar-refractivity contribution >= 4 is 27.8 Å². The third kappa shape index (κ3) is 9.96. The summed E-state index contributed by atoms with van der Waals surface area (Å²) in [7, 11) is 3.16. The van der Waals surface area contributed by atoms with Crippen molar-refractivity contribution in [2.24, 2.45) is 0 Å². The molecule has 2 aliphatic rings. The molecule has 8 nitrogen and oxygen atoms in total. The minimum Gasteiger partial charge on any atom is -0.463 e. The Kier molecular flexibility index (Phi) is 13.7. The van der Waals surface area contributed by atoms with Gasteiger partial charge < -0.3 is 14.5 Å². The molecule has 0 saturated carbocycles. The van der Waals surface area contributed by atoms with E-state index in [0.717, 1.165) is 82.8 Å². The number of nitrogens with zero attached hydrogens (tertiary/aromatic N) is 7. The van der Waals surface area contributed by atoms with Gasteiger partial charge >= 0.3 is 6.01 Å². The van der Waals surface area contributed by atoms with Gasteiger partial charge in [0.1, 0.15) is 0 Å². The largest absolute Gasteiger partial charge is 0.463 e. The highest BCUT2D eigenvalue weighted by atomic mass is 29.2. The molecule has 3 heterocycles. The van der Waals surface area contributed by atoms with Crippen LogP contribution in [0.5, 0.6) is 6.01 Å². The minimum absolute atomic E-state index is 0.0695. The molecular formula is C38H76N7OSi2. The monoisotopic (exact) mass is 703 g/mol. The molecule has 1 aromatic rings. The Hall–Kier alpha value is -1.24. The summed E-state index contributed by atoms with van der Waals surface area (Å²) in [5, 5.41) is 0. The van der Waals surface area contributed by atoms with Gasteiger partial charge in [0.05, 0.1) is 6.61 Å². The lowest BCUT2D eigenvalue weighted by molar-refractivity contribution is -0.0130. The van der Waals surface area contributed by atoms with Crippen LogP contribution in [0, 0.1) is 0 Å². The first kappa shape index (κ1) is 41.2. The number of anilines is 2. The van der Waals surface area contributed by atoms with E-state index in [4.69, 9.17) is 19.7 Å². The summed E-state index contributed by atoms with van der Waals surface area (Å²) in [4.78, 5) is 26.0. The van der Waals surface area contributed by atoms with Gasteiger partial charge in [-0.25, -0.2) is 0 Å². The summed E-state index contributed by atoms with van der Waals surface area (Å²) in [5.74, 6) is 1.61. The third-order valence-electron chi connectivity index (χ3n) is 12.6. The zero-order chi connectivity index (χ0) is 36.3. The van der Waals surface area contributed by atoms with Crippen molar-refractivity contribution in [2.45, 2.75) is 193 Å². The number of likely N-dealkylation sites (tertiary alicyclic amines) is 2. The molecule has 2 aliphatic heterocycles. The van der Waals surface area contributed by atoms with E-state index in [-0.39, 0.29) is 30.5 Å². The fraction of sp³-hybridized carbons (Fsp3) is 0.921. The summed E-state index contributed by atoms with van der Waals surface area (Å²) in [6.45, 7) is 36.4. The van der Waals surface area contributed by atoms with Gasteiger partial charge in [-0.3, -0.25) is 9.80 Å². The topological polar surface area (TPSA) is 60.9 Å². The van der Waals surface area contributed by atoms with Crippen LogP contribution in [0.4, 0.5) is 11.9 Å². The van der Waals surface area contributed by atoms with Gasteiger partial charge in [-0.15, -0.1) is 0 Å². The first-order valence-electron chi connectivity index (χ1n) is 19.3. The molecule has 10 heteroatoms. The zero-order valence-electron chi connectivity index (χ0n) is 34.4. The fourth-order valence-corrected chi connectivity index (χ4v) is 11.8. The van der Waals surface area contributed by atoms with Crippen molar-refractivity contribution < 1.29 is 4.74 Å². The second-order valence-corrected chi connectivity index (χ2v) is 32.0. The van der Waals surface area contributed by atoms with Crippen molar-refractivity contribution in [3.05, 3.63) is 0 Å². The SMILES string of the molecule is CCCCN(c1nc(OCCC[Si](C)(C)[Si](C)C)nc(N(CCCC)C2CC(C)(C)N(C)C(C)(C)C2)n1)C1CC(C)(C)N(C)C(C)(C)C1. The van der Waals surface area contributed by atoms with Crippen molar-refractivity contribution in [3.63, 3.8) is 0 Å². The lowest BCUT2D eigenvalue weighted by atomic mass is 9.77. The van der Waals surface area contributed by atoms with Gasteiger partial charge in [0, 0.05) is 63.2 Å². The molecular weight excluding hydrogens is 627 g/mol. The number of piperidine rings is 2. The van der Waals surface area contributed by atoms with E-state index < -0.39 is 7.59 Å². The van der Waals surface area contributed by atoms with Crippen molar-refractivity contribution in [2.75, 3.05) is 43.6 Å². The molecule has 0 spiro atoms. The van der Waals surface area contributed by atoms with E-state index in [9.17, 15) is 0 Å². The molecule has 0 aliphatic carbocycles. The predicted molar refractivity (Wildman–Crippen MR) is 212 cm³/mol. The molecule has 0 unspecified atom stereocenters. The number of unbranched alkanes of at least 4 members (excludes halogenated alkanes) is 2. The van der Waals surface area contributed by atoms with E-state index >= 15 is 0 Å². The highest BCUT2D eigenvalue weighted by Crippen LogP contribution is 2.42. The molecule has 1 radical (unpaired) electrons. The molecule has 0 bridgehead atoms. The van der Waals surface area contributed by atoms with Gasteiger partial charge in [-0.05, 0) is 114 Å². The summed E-state index contributed by atoms with van der Waals surface area (Å²) < 4.78 is 6.55. The predicted octanol–water partition coefficient (Wildman–Crippen LogP) is 8.70. The van der Waals surface area contributed by atoms with E-state index in [2.05, 4.69) is 129 Å². The summed E-state index contributed by atoms with van der Waals surface area (Å²) >= 11 is 0. The van der Waals surface area contributed by atoms with Crippen molar-refractivity contribution in [3.8, 4) is 6.01 Å². The average molecular weight is 703 g/mol. The number of hydrogen-bond acceptors (Lipinski definition) is 8. The van der Waals surface area contributed by atoms with Gasteiger partial charge in [-0.1, -0.05) is 58.9 Å². The normalized spacial score (nSPS) is 21.9. The van der Waals surface area contributed by atoms with Crippen molar-refractivity contribution in [1.82, 2.24) is 24.8 Å². The minimum atomic E-state index is -1.17. The Morgan fingerprint density at radius 3 is 1.40 bits per heavy atom. The Balaban J connectivity index is 2.11. The molecule has 1 aromatic heterocycles. The second kappa shape index (κ2) is 16.0. The number of hydrogen-bond donors (Lipinski definition) is 0. The number of rotatable bonds is 16. The third-order valence-corrected chi connectivity index (χ3v) is 25.8. The van der Waals surface area contributed by atoms with Gasteiger partial charge in [0.25, 0.3) is 0 Å². The first-order chi connectivity index (χ1) is 22.1. The molecule has 2 saturated heterocycles. The smallest absolute Gasteiger partial charge is 0.323 e. The van der Waals surface area contributed by atoms with Crippen LogP contribution in [0.1, 0.15) is 127 Å². The Morgan fingerprint density at radius 1 is 0.688 bits per heavy atom. The Bertz CT molecular complexity index is 1060. The maximum atomic E-state index is 6.55. The Morgan fingerprint density at radius 2 is 1.06 bits per heavy atom. The summed E-state index contributed by atoms with van der Waals surface area (Å²) in [5.41, 5.74) is 0.278. The molecule has 3 rings (SSSR count). The van der Waals surface area contributed by atoms with Crippen molar-refractivity contribution in [1.29, 1.82) is 0 Å². The van der Waals surface area contributed by atoms with Gasteiger partial charge in [-0.2, -0.15) is 15.0 Å². The lowest BCUT2D eigenvalue weighted by Gasteiger charge is -2.56. The number of ether oxygens (including phenoxy) is 1. The van der Waals surface area contributed by atoms with E-state index in [1.165, 1.54) is 6.04 Å². The van der Waals surface area contributed by atoms with E-state index in [0.29, 0.717) is 24.7 Å². The maximum absolute atomic E-state index is 6.55.